The Morgan fingerprint density at radius 3 is 1.91 bits per heavy atom. The number of rotatable bonds is 2. The Bertz CT molecular complexity index is 1330. The standard InChI is InChI=1S/C19H15N3.C8H10N2/c20-15-12-10-14(11-13-15)19-21-17-8-4-5-9-18(17)22(19)16-6-2-1-3-7-16;1-5-3-7(9)8(10)4-6(5)2/h1-13H,20H2;3-4,9-10H,1-2H3. The zero-order valence-electron chi connectivity index (χ0n) is 18.1. The van der Waals surface area contributed by atoms with Crippen molar-refractivity contribution in [3.05, 3.63) is 102 Å². The molecule has 1 heterocycles. The first-order valence-electron chi connectivity index (χ1n) is 10.4. The molecule has 0 saturated carbocycles. The van der Waals surface area contributed by atoms with Gasteiger partial charge in [-0.3, -0.25) is 15.4 Å². The number of aromatic nitrogens is 2. The first-order chi connectivity index (χ1) is 15.4. The van der Waals surface area contributed by atoms with Crippen LogP contribution in [-0.4, -0.2) is 21.0 Å². The van der Waals surface area contributed by atoms with Gasteiger partial charge in [0.1, 0.15) is 5.82 Å². The zero-order chi connectivity index (χ0) is 22.7. The van der Waals surface area contributed by atoms with E-state index in [1.54, 1.807) is 12.2 Å². The van der Waals surface area contributed by atoms with Gasteiger partial charge in [0.25, 0.3) is 0 Å². The van der Waals surface area contributed by atoms with E-state index < -0.39 is 0 Å². The van der Waals surface area contributed by atoms with Gasteiger partial charge in [0.15, 0.2) is 0 Å². The number of nitrogens with one attached hydrogen (secondary N) is 2. The van der Waals surface area contributed by atoms with Gasteiger partial charge in [-0.2, -0.15) is 0 Å². The molecule has 5 rings (SSSR count). The smallest absolute Gasteiger partial charge is 0.145 e. The van der Waals surface area contributed by atoms with Crippen LogP contribution < -0.4 is 5.73 Å². The maximum atomic E-state index is 7.27. The number of imidazole rings is 1. The highest BCUT2D eigenvalue weighted by atomic mass is 15.1. The van der Waals surface area contributed by atoms with Crippen LogP contribution in [0.2, 0.25) is 0 Å². The van der Waals surface area contributed by atoms with Crippen LogP contribution in [0.15, 0.2) is 102 Å². The summed E-state index contributed by atoms with van der Waals surface area (Å²) >= 11 is 0. The lowest BCUT2D eigenvalue weighted by Gasteiger charge is -2.09. The van der Waals surface area contributed by atoms with Gasteiger partial charge in [0.05, 0.1) is 22.5 Å². The van der Waals surface area contributed by atoms with Gasteiger partial charge in [-0.05, 0) is 85.7 Å². The average Bonchev–Trinajstić information content (AvgIpc) is 3.19. The highest BCUT2D eigenvalue weighted by Gasteiger charge is 2.13. The maximum Gasteiger partial charge on any atom is 0.145 e. The largest absolute Gasteiger partial charge is 0.399 e. The predicted molar refractivity (Wildman–Crippen MR) is 134 cm³/mol. The minimum absolute atomic E-state index is 0.308. The summed E-state index contributed by atoms with van der Waals surface area (Å²) in [5.41, 5.74) is 13.6. The van der Waals surface area contributed by atoms with Crippen LogP contribution in [0.1, 0.15) is 13.8 Å². The molecule has 1 aliphatic rings. The van der Waals surface area contributed by atoms with E-state index >= 15 is 0 Å². The summed E-state index contributed by atoms with van der Waals surface area (Å²) in [6.45, 7) is 3.90. The molecule has 0 bridgehead atoms. The van der Waals surface area contributed by atoms with Crippen LogP contribution in [0.5, 0.6) is 0 Å². The van der Waals surface area contributed by atoms with Gasteiger partial charge in [-0.1, -0.05) is 30.3 Å². The second-order valence-corrected chi connectivity index (χ2v) is 7.70. The molecule has 4 N–H and O–H groups in total. The molecule has 3 aromatic carbocycles. The first kappa shape index (κ1) is 21.0. The summed E-state index contributed by atoms with van der Waals surface area (Å²) in [7, 11) is 0. The third-order valence-corrected chi connectivity index (χ3v) is 5.38. The van der Waals surface area contributed by atoms with Gasteiger partial charge in [-0.25, -0.2) is 4.98 Å². The Hall–Kier alpha value is -4.25. The Labute approximate surface area is 187 Å². The number of nitrogens with zero attached hydrogens (tertiary/aromatic N) is 2. The lowest BCUT2D eigenvalue weighted by atomic mass is 9.98. The number of hydrogen-bond donors (Lipinski definition) is 3. The fraction of sp³-hybridized carbons (Fsp3) is 0.0741. The van der Waals surface area contributed by atoms with Crippen molar-refractivity contribution < 1.29 is 0 Å². The van der Waals surface area contributed by atoms with E-state index in [-0.39, 0.29) is 0 Å². The number of para-hydroxylation sites is 3. The minimum Gasteiger partial charge on any atom is -0.399 e. The van der Waals surface area contributed by atoms with Gasteiger partial charge in [-0.15, -0.1) is 0 Å². The summed E-state index contributed by atoms with van der Waals surface area (Å²) in [5.74, 6) is 0.924. The molecule has 5 heteroatoms. The average molecular weight is 420 g/mol. The molecule has 0 aliphatic heterocycles. The van der Waals surface area contributed by atoms with E-state index in [0.29, 0.717) is 11.4 Å². The molecule has 0 saturated heterocycles. The van der Waals surface area contributed by atoms with Crippen molar-refractivity contribution in [1.82, 2.24) is 9.55 Å². The fourth-order valence-corrected chi connectivity index (χ4v) is 3.51. The highest BCUT2D eigenvalue weighted by Crippen LogP contribution is 2.28. The van der Waals surface area contributed by atoms with Crippen molar-refractivity contribution in [2.75, 3.05) is 5.73 Å². The second-order valence-electron chi connectivity index (χ2n) is 7.70. The summed E-state index contributed by atoms with van der Waals surface area (Å²) < 4.78 is 2.18. The molecule has 158 valence electrons. The number of fused-ring (bicyclic) bond motifs is 1. The van der Waals surface area contributed by atoms with Crippen LogP contribution in [0, 0.1) is 10.8 Å². The molecule has 0 atom stereocenters. The van der Waals surface area contributed by atoms with E-state index in [2.05, 4.69) is 22.8 Å². The molecule has 4 aromatic rings. The second kappa shape index (κ2) is 8.86. The van der Waals surface area contributed by atoms with Crippen LogP contribution in [0.25, 0.3) is 28.1 Å². The highest BCUT2D eigenvalue weighted by molar-refractivity contribution is 6.49. The topological polar surface area (TPSA) is 91.5 Å². The monoisotopic (exact) mass is 419 g/mol. The maximum absolute atomic E-state index is 7.27. The fourth-order valence-electron chi connectivity index (χ4n) is 3.51. The lowest BCUT2D eigenvalue weighted by Crippen LogP contribution is -2.11. The molecular formula is C27H25N5. The molecule has 0 radical (unpaired) electrons. The van der Waals surface area contributed by atoms with Crippen LogP contribution in [0.3, 0.4) is 0 Å². The third-order valence-electron chi connectivity index (χ3n) is 5.38. The normalized spacial score (nSPS) is 13.3. The number of hydrogen-bond acceptors (Lipinski definition) is 4. The molecule has 0 spiro atoms. The first-order valence-corrected chi connectivity index (χ1v) is 10.4. The van der Waals surface area contributed by atoms with Gasteiger partial charge in [0.2, 0.25) is 0 Å². The van der Waals surface area contributed by atoms with E-state index in [0.717, 1.165) is 44.9 Å². The van der Waals surface area contributed by atoms with Gasteiger partial charge >= 0.3 is 0 Å². The summed E-state index contributed by atoms with van der Waals surface area (Å²) in [6, 6.07) is 26.3. The minimum atomic E-state index is 0.308. The van der Waals surface area contributed by atoms with Crippen molar-refractivity contribution in [3.8, 4) is 17.1 Å². The number of nitrogens with two attached hydrogens (primary N) is 1. The van der Waals surface area contributed by atoms with E-state index in [1.165, 1.54) is 0 Å². The van der Waals surface area contributed by atoms with Crippen molar-refractivity contribution in [1.29, 1.82) is 10.8 Å². The summed E-state index contributed by atoms with van der Waals surface area (Å²) in [4.78, 5) is 4.81. The predicted octanol–water partition coefficient (Wildman–Crippen LogP) is 6.21. The number of benzene rings is 3. The number of anilines is 1. The lowest BCUT2D eigenvalue weighted by molar-refractivity contribution is 1.10. The van der Waals surface area contributed by atoms with E-state index in [4.69, 9.17) is 21.5 Å². The van der Waals surface area contributed by atoms with Gasteiger partial charge < -0.3 is 5.73 Å². The number of nitrogen functional groups attached to an aromatic ring is 1. The SMILES string of the molecule is CC1=CC(=N)C(=N)C=C1C.Nc1ccc(-c2nc3ccccc3n2-c2ccccc2)cc1. The molecule has 0 fully saturated rings. The van der Waals surface area contributed by atoms with Crippen LogP contribution >= 0.6 is 0 Å². The molecule has 5 nitrogen and oxygen atoms in total. The molecule has 1 aliphatic carbocycles. The van der Waals surface area contributed by atoms with Crippen LogP contribution in [-0.2, 0) is 0 Å². The quantitative estimate of drug-likeness (QED) is 0.266. The Kier molecular flexibility index (Phi) is 5.81. The Morgan fingerprint density at radius 1 is 0.719 bits per heavy atom. The molecule has 1 aromatic heterocycles. The number of allylic oxidation sites excluding steroid dienone is 4. The van der Waals surface area contributed by atoms with Gasteiger partial charge in [0, 0.05) is 16.9 Å². The Balaban J connectivity index is 0.000000207. The van der Waals surface area contributed by atoms with Crippen LogP contribution in [0.4, 0.5) is 5.69 Å². The Morgan fingerprint density at radius 2 is 1.28 bits per heavy atom. The summed E-state index contributed by atoms with van der Waals surface area (Å²) in [5, 5.41) is 14.5. The molecule has 32 heavy (non-hydrogen) atoms. The molecule has 0 unspecified atom stereocenters. The van der Waals surface area contributed by atoms with Crippen molar-refractivity contribution >= 4 is 28.1 Å². The molecular weight excluding hydrogens is 394 g/mol. The summed E-state index contributed by atoms with van der Waals surface area (Å²) in [6.07, 6.45) is 3.44. The third kappa shape index (κ3) is 4.27. The molecule has 0 amide bonds. The van der Waals surface area contributed by atoms with Crippen molar-refractivity contribution in [2.45, 2.75) is 13.8 Å². The van der Waals surface area contributed by atoms with Crippen molar-refractivity contribution in [3.63, 3.8) is 0 Å². The van der Waals surface area contributed by atoms with E-state index in [1.807, 2.05) is 74.5 Å². The van der Waals surface area contributed by atoms with E-state index in [9.17, 15) is 0 Å². The zero-order valence-corrected chi connectivity index (χ0v) is 18.1. The van der Waals surface area contributed by atoms with Crippen molar-refractivity contribution in [2.24, 2.45) is 0 Å².